The largest absolute Gasteiger partial charge is 0.484 e. The topological polar surface area (TPSA) is 138 Å². The minimum absolute atomic E-state index is 0.0399. The second-order valence-electron chi connectivity index (χ2n) is 8.93. The van der Waals surface area contributed by atoms with Crippen LogP contribution in [0.25, 0.3) is 0 Å². The Morgan fingerprint density at radius 3 is 2.28 bits per heavy atom. The monoisotopic (exact) mass is 508 g/mol. The number of carbonyl (C=O) groups excluding carboxylic acids is 3. The molecule has 1 aliphatic rings. The molecule has 12 nitrogen and oxygen atoms in total. The number of aliphatic hydroxyl groups is 1. The number of ether oxygens (including phenoxy) is 3. The number of nitrogens with zero attached hydrogens (tertiary/aromatic N) is 4. The summed E-state index contributed by atoms with van der Waals surface area (Å²) in [6.07, 6.45) is 0. The zero-order valence-corrected chi connectivity index (χ0v) is 21.4. The normalized spacial score (nSPS) is 14.1. The summed E-state index contributed by atoms with van der Waals surface area (Å²) in [7, 11) is 3.08. The second kappa shape index (κ2) is 13.9. The first-order valence-electron chi connectivity index (χ1n) is 11.8. The van der Waals surface area contributed by atoms with Gasteiger partial charge in [0.2, 0.25) is 0 Å². The fourth-order valence-corrected chi connectivity index (χ4v) is 3.59. The molecule has 12 heteroatoms. The highest BCUT2D eigenvalue weighted by atomic mass is 16.5. The number of morpholine rings is 1. The molecular formula is C24H36N4O8. The van der Waals surface area contributed by atoms with Crippen molar-refractivity contribution in [3.8, 4) is 11.5 Å². The molecule has 0 atom stereocenters. The van der Waals surface area contributed by atoms with Gasteiger partial charge in [-0.25, -0.2) is 0 Å². The lowest BCUT2D eigenvalue weighted by atomic mass is 9.90. The summed E-state index contributed by atoms with van der Waals surface area (Å²) < 4.78 is 16.8. The van der Waals surface area contributed by atoms with Crippen molar-refractivity contribution in [3.05, 3.63) is 28.7 Å². The number of Topliss-reactive ketones (excluding diaryl/α,β-unsaturated/α-hetero) is 1. The molecule has 0 unspecified atom stereocenters. The molecule has 0 radical (unpaired) electrons. The third-order valence-corrected chi connectivity index (χ3v) is 6.08. The summed E-state index contributed by atoms with van der Waals surface area (Å²) >= 11 is 0. The van der Waals surface area contributed by atoms with Crippen LogP contribution in [0, 0.1) is 4.91 Å². The van der Waals surface area contributed by atoms with E-state index in [0.717, 1.165) is 0 Å². The molecule has 0 spiro atoms. The van der Waals surface area contributed by atoms with Gasteiger partial charge >= 0.3 is 0 Å². The highest BCUT2D eigenvalue weighted by molar-refractivity contribution is 6.05. The van der Waals surface area contributed by atoms with Crippen molar-refractivity contribution in [1.82, 2.24) is 14.7 Å². The van der Waals surface area contributed by atoms with Crippen molar-refractivity contribution in [2.45, 2.75) is 19.4 Å². The predicted molar refractivity (Wildman–Crippen MR) is 131 cm³/mol. The van der Waals surface area contributed by atoms with Crippen LogP contribution < -0.4 is 9.47 Å². The van der Waals surface area contributed by atoms with Gasteiger partial charge in [-0.1, -0.05) is 5.18 Å². The number of rotatable bonds is 14. The summed E-state index contributed by atoms with van der Waals surface area (Å²) in [6.45, 7) is 5.41. The predicted octanol–water partition coefficient (Wildman–Crippen LogP) is 0.413. The summed E-state index contributed by atoms with van der Waals surface area (Å²) in [4.78, 5) is 53.3. The van der Waals surface area contributed by atoms with Gasteiger partial charge in [-0.05, 0) is 26.0 Å². The molecule has 2 amide bonds. The number of aliphatic hydroxyl groups excluding tert-OH is 1. The lowest BCUT2D eigenvalue weighted by Gasteiger charge is -2.39. The molecule has 1 aromatic rings. The van der Waals surface area contributed by atoms with E-state index >= 15 is 0 Å². The number of carbonyl (C=O) groups is 3. The van der Waals surface area contributed by atoms with Gasteiger partial charge in [-0.2, -0.15) is 4.91 Å². The number of amides is 2. The Kier molecular flexibility index (Phi) is 11.2. The Balaban J connectivity index is 2.25. The van der Waals surface area contributed by atoms with E-state index in [1.807, 2.05) is 18.7 Å². The third kappa shape index (κ3) is 7.97. The van der Waals surface area contributed by atoms with Gasteiger partial charge < -0.3 is 29.1 Å². The minimum atomic E-state index is -0.857. The molecule has 1 aliphatic heterocycles. The molecular weight excluding hydrogens is 472 g/mol. The molecule has 1 heterocycles. The summed E-state index contributed by atoms with van der Waals surface area (Å²) in [6, 6.07) is 4.60. The van der Waals surface area contributed by atoms with Crippen LogP contribution in [-0.4, -0.2) is 123 Å². The van der Waals surface area contributed by atoms with E-state index in [0.29, 0.717) is 26.3 Å². The van der Waals surface area contributed by atoms with E-state index in [4.69, 9.17) is 19.3 Å². The molecule has 0 saturated carbocycles. The van der Waals surface area contributed by atoms with Crippen LogP contribution in [0.5, 0.6) is 11.5 Å². The molecule has 0 bridgehead atoms. The van der Waals surface area contributed by atoms with Gasteiger partial charge in [0.05, 0.1) is 37.5 Å². The van der Waals surface area contributed by atoms with E-state index in [-0.39, 0.29) is 68.2 Å². The average Bonchev–Trinajstić information content (AvgIpc) is 2.89. The number of nitroso groups, excluding NO2 is 1. The number of ketones is 1. The minimum Gasteiger partial charge on any atom is -0.484 e. The van der Waals surface area contributed by atoms with Crippen molar-refractivity contribution in [2.24, 2.45) is 5.18 Å². The van der Waals surface area contributed by atoms with Crippen LogP contribution in [-0.2, 0) is 14.3 Å². The first-order chi connectivity index (χ1) is 17.1. The van der Waals surface area contributed by atoms with Crippen molar-refractivity contribution >= 4 is 17.6 Å². The molecule has 36 heavy (non-hydrogen) atoms. The Labute approximate surface area is 211 Å². The molecule has 2 rings (SSSR count). The fraction of sp³-hybridized carbons (Fsp3) is 0.625. The van der Waals surface area contributed by atoms with Gasteiger partial charge in [0, 0.05) is 46.3 Å². The average molecular weight is 509 g/mol. The van der Waals surface area contributed by atoms with Crippen LogP contribution in [0.4, 0.5) is 0 Å². The van der Waals surface area contributed by atoms with Crippen molar-refractivity contribution in [3.63, 3.8) is 0 Å². The Morgan fingerprint density at radius 1 is 1.06 bits per heavy atom. The quantitative estimate of drug-likeness (QED) is 0.280. The van der Waals surface area contributed by atoms with Gasteiger partial charge in [0.1, 0.15) is 11.5 Å². The van der Waals surface area contributed by atoms with Crippen LogP contribution in [0.2, 0.25) is 0 Å². The van der Waals surface area contributed by atoms with Gasteiger partial charge in [0.25, 0.3) is 11.8 Å². The smallest absolute Gasteiger partial charge is 0.260 e. The van der Waals surface area contributed by atoms with Crippen molar-refractivity contribution < 1.29 is 33.7 Å². The zero-order valence-electron chi connectivity index (χ0n) is 21.4. The molecule has 1 saturated heterocycles. The maximum absolute atomic E-state index is 13.6. The van der Waals surface area contributed by atoms with E-state index in [9.17, 15) is 19.3 Å². The highest BCUT2D eigenvalue weighted by Gasteiger charge is 2.37. The van der Waals surface area contributed by atoms with Crippen molar-refractivity contribution in [1.29, 1.82) is 0 Å². The first kappa shape index (κ1) is 29.1. The summed E-state index contributed by atoms with van der Waals surface area (Å²) in [5, 5.41) is 11.7. The van der Waals surface area contributed by atoms with Crippen LogP contribution >= 0.6 is 0 Å². The number of hydrogen-bond acceptors (Lipinski definition) is 10. The first-order valence-corrected chi connectivity index (χ1v) is 11.8. The number of benzene rings is 1. The lowest BCUT2D eigenvalue weighted by Crippen LogP contribution is -2.54. The van der Waals surface area contributed by atoms with Crippen molar-refractivity contribution in [2.75, 3.05) is 79.9 Å². The van der Waals surface area contributed by atoms with E-state index in [1.54, 1.807) is 19.2 Å². The molecule has 0 aliphatic carbocycles. The molecule has 200 valence electrons. The molecule has 1 N–H and O–H groups in total. The summed E-state index contributed by atoms with van der Waals surface area (Å²) in [5.74, 6) is -0.499. The van der Waals surface area contributed by atoms with Gasteiger partial charge in [0.15, 0.2) is 19.0 Å². The molecule has 0 aromatic heterocycles. The molecule has 1 aromatic carbocycles. The van der Waals surface area contributed by atoms with Gasteiger partial charge in [-0.3, -0.25) is 19.3 Å². The second-order valence-corrected chi connectivity index (χ2v) is 8.93. The van der Waals surface area contributed by atoms with Gasteiger partial charge in [-0.15, -0.1) is 0 Å². The number of hydrogen-bond donors (Lipinski definition) is 1. The van der Waals surface area contributed by atoms with Crippen LogP contribution in [0.15, 0.2) is 23.4 Å². The fourth-order valence-electron chi connectivity index (χ4n) is 3.59. The maximum Gasteiger partial charge on any atom is 0.260 e. The van der Waals surface area contributed by atoms with E-state index in [2.05, 4.69) is 5.18 Å². The molecule has 1 fully saturated rings. The Bertz CT molecular complexity index is 917. The zero-order chi connectivity index (χ0) is 26.7. The van der Waals surface area contributed by atoms with Crippen LogP contribution in [0.3, 0.4) is 0 Å². The highest BCUT2D eigenvalue weighted by Crippen LogP contribution is 2.31. The SMILES string of the molecule is CN(CCO)C(=O)COc1ccc(C(=O)C(C)(C)N2CCOCC2)c(OCC(=O)N(C)CCN=O)c1. The Hall–Kier alpha value is -3.09. The Morgan fingerprint density at radius 2 is 1.67 bits per heavy atom. The maximum atomic E-state index is 13.6. The number of likely N-dealkylation sites (N-methyl/N-ethyl adjacent to an activating group) is 2. The third-order valence-electron chi connectivity index (χ3n) is 6.08. The van der Waals surface area contributed by atoms with Crippen LogP contribution in [0.1, 0.15) is 24.2 Å². The van der Waals surface area contributed by atoms with E-state index < -0.39 is 11.4 Å². The lowest BCUT2D eigenvalue weighted by molar-refractivity contribution is -0.132. The summed E-state index contributed by atoms with van der Waals surface area (Å²) in [5.41, 5.74) is -0.587. The van der Waals surface area contributed by atoms with E-state index in [1.165, 1.54) is 22.9 Å². The standard InChI is InChI=1S/C24H36N4O8/c1-24(2,28-10-13-34-14-11-28)23(32)19-6-5-18(35-16-21(30)27(4)9-12-29)15-20(19)36-17-22(31)26(3)8-7-25-33/h5-6,15,29H,7-14,16-17H2,1-4H3.